The van der Waals surface area contributed by atoms with Gasteiger partial charge in [-0.25, -0.2) is 4.39 Å². The van der Waals surface area contributed by atoms with Crippen LogP contribution in [-0.2, 0) is 11.3 Å². The monoisotopic (exact) mass is 383 g/mol. The Hall–Kier alpha value is -3.00. The predicted octanol–water partition coefficient (Wildman–Crippen LogP) is 3.78. The van der Waals surface area contributed by atoms with Crippen LogP contribution in [0.15, 0.2) is 66.6 Å². The maximum atomic E-state index is 13.3. The van der Waals surface area contributed by atoms with Crippen molar-refractivity contribution in [3.05, 3.63) is 67.3 Å². The maximum Gasteiger partial charge on any atom is 0.237 e. The number of carbonyl (C=O) groups is 1. The second-order valence-electron chi connectivity index (χ2n) is 5.70. The number of hydrogen-bond donors (Lipinski definition) is 1. The van der Waals surface area contributed by atoms with Crippen molar-refractivity contribution in [2.24, 2.45) is 0 Å². The third kappa shape index (κ3) is 4.59. The number of carbonyl (C=O) groups excluding carboxylic acids is 1. The Morgan fingerprint density at radius 2 is 2.11 bits per heavy atom. The molecule has 1 atom stereocenters. The lowest BCUT2D eigenvalue weighted by molar-refractivity contribution is -0.115. The van der Waals surface area contributed by atoms with E-state index in [-0.39, 0.29) is 5.91 Å². The normalized spacial score (nSPS) is 11.8. The molecule has 6 nitrogen and oxygen atoms in total. The van der Waals surface area contributed by atoms with E-state index in [1.807, 2.05) is 16.7 Å². The molecule has 0 aliphatic heterocycles. The van der Waals surface area contributed by atoms with Gasteiger partial charge in [0.25, 0.3) is 0 Å². The highest BCUT2D eigenvalue weighted by atomic mass is 32.2. The average Bonchev–Trinajstić information content (AvgIpc) is 3.05. The molecule has 3 rings (SSSR count). The van der Waals surface area contributed by atoms with Crippen LogP contribution in [0.2, 0.25) is 0 Å². The zero-order valence-electron chi connectivity index (χ0n) is 14.7. The van der Waals surface area contributed by atoms with E-state index in [0.29, 0.717) is 23.2 Å². The summed E-state index contributed by atoms with van der Waals surface area (Å²) in [5.41, 5.74) is 1.29. The molecule has 0 unspecified atom stereocenters. The van der Waals surface area contributed by atoms with Crippen molar-refractivity contribution in [2.75, 3.05) is 5.32 Å². The molecule has 0 spiro atoms. The number of pyridine rings is 1. The van der Waals surface area contributed by atoms with Crippen molar-refractivity contribution < 1.29 is 9.18 Å². The zero-order chi connectivity index (χ0) is 19.2. The summed E-state index contributed by atoms with van der Waals surface area (Å²) in [4.78, 5) is 16.4. The van der Waals surface area contributed by atoms with Crippen molar-refractivity contribution in [1.29, 1.82) is 0 Å². The average molecular weight is 383 g/mol. The van der Waals surface area contributed by atoms with Gasteiger partial charge in [-0.3, -0.25) is 14.3 Å². The van der Waals surface area contributed by atoms with Crippen LogP contribution in [0.5, 0.6) is 0 Å². The van der Waals surface area contributed by atoms with Crippen molar-refractivity contribution in [3.63, 3.8) is 0 Å². The van der Waals surface area contributed by atoms with Gasteiger partial charge in [0.15, 0.2) is 11.0 Å². The molecule has 0 aliphatic rings. The number of nitrogens with one attached hydrogen (secondary N) is 1. The fourth-order valence-corrected chi connectivity index (χ4v) is 3.26. The van der Waals surface area contributed by atoms with E-state index in [1.165, 1.54) is 23.9 Å². The van der Waals surface area contributed by atoms with Gasteiger partial charge in [0, 0.05) is 30.2 Å². The summed E-state index contributed by atoms with van der Waals surface area (Å²) in [5.74, 6) is 0.0302. The van der Waals surface area contributed by atoms with Gasteiger partial charge in [-0.15, -0.1) is 16.8 Å². The van der Waals surface area contributed by atoms with Crippen LogP contribution in [0, 0.1) is 5.82 Å². The van der Waals surface area contributed by atoms with E-state index in [4.69, 9.17) is 0 Å². The number of amides is 1. The fourth-order valence-electron chi connectivity index (χ4n) is 2.41. The van der Waals surface area contributed by atoms with E-state index >= 15 is 0 Å². The molecular weight excluding hydrogens is 365 g/mol. The highest BCUT2D eigenvalue weighted by molar-refractivity contribution is 8.00. The molecule has 0 radical (unpaired) electrons. The molecule has 3 aromatic rings. The number of allylic oxidation sites excluding steroid dienone is 1. The molecule has 2 heterocycles. The molecule has 138 valence electrons. The number of anilines is 1. The number of aromatic nitrogens is 4. The van der Waals surface area contributed by atoms with Gasteiger partial charge < -0.3 is 5.32 Å². The van der Waals surface area contributed by atoms with Crippen molar-refractivity contribution >= 4 is 23.4 Å². The van der Waals surface area contributed by atoms with Crippen LogP contribution in [0.3, 0.4) is 0 Å². The molecule has 1 aromatic carbocycles. The van der Waals surface area contributed by atoms with Crippen molar-refractivity contribution in [3.8, 4) is 11.4 Å². The Kier molecular flexibility index (Phi) is 5.97. The van der Waals surface area contributed by atoms with Crippen LogP contribution in [0.25, 0.3) is 11.4 Å². The van der Waals surface area contributed by atoms with Gasteiger partial charge in [0.05, 0.1) is 5.25 Å². The standard InChI is InChI=1S/C19H18FN5OS/c1-3-11-25-17(14-7-9-21-10-8-14)23-24-19(25)27-13(2)18(26)22-16-6-4-5-15(20)12-16/h3-10,12-13H,1,11H2,2H3,(H,22,26)/t13-/m1/s1. The Labute approximate surface area is 160 Å². The van der Waals surface area contributed by atoms with Crippen LogP contribution < -0.4 is 5.32 Å². The highest BCUT2D eigenvalue weighted by Gasteiger charge is 2.20. The highest BCUT2D eigenvalue weighted by Crippen LogP contribution is 2.27. The van der Waals surface area contributed by atoms with Crippen LogP contribution >= 0.6 is 11.8 Å². The second-order valence-corrected chi connectivity index (χ2v) is 7.01. The first-order valence-electron chi connectivity index (χ1n) is 8.26. The number of nitrogens with zero attached hydrogens (tertiary/aromatic N) is 4. The molecule has 2 aromatic heterocycles. The van der Waals surface area contributed by atoms with Crippen LogP contribution in [0.4, 0.5) is 10.1 Å². The summed E-state index contributed by atoms with van der Waals surface area (Å²) in [6, 6.07) is 9.48. The van der Waals surface area contributed by atoms with Gasteiger partial charge in [-0.2, -0.15) is 0 Å². The summed E-state index contributed by atoms with van der Waals surface area (Å²) in [5, 5.41) is 11.3. The number of thioether (sulfide) groups is 1. The topological polar surface area (TPSA) is 72.7 Å². The van der Waals surface area contributed by atoms with Gasteiger partial charge in [-0.05, 0) is 37.3 Å². The van der Waals surface area contributed by atoms with Crippen molar-refractivity contribution in [2.45, 2.75) is 23.9 Å². The van der Waals surface area contributed by atoms with E-state index in [9.17, 15) is 9.18 Å². The molecule has 27 heavy (non-hydrogen) atoms. The molecule has 0 fully saturated rings. The first-order valence-corrected chi connectivity index (χ1v) is 9.14. The number of rotatable bonds is 7. The Bertz CT molecular complexity index is 944. The summed E-state index contributed by atoms with van der Waals surface area (Å²) < 4.78 is 15.2. The number of hydrogen-bond acceptors (Lipinski definition) is 5. The molecule has 0 saturated carbocycles. The molecule has 0 saturated heterocycles. The number of halogens is 1. The summed E-state index contributed by atoms with van der Waals surface area (Å²) in [7, 11) is 0. The van der Waals surface area contributed by atoms with E-state index < -0.39 is 11.1 Å². The second kappa shape index (κ2) is 8.59. The van der Waals surface area contributed by atoms with E-state index in [1.54, 1.807) is 37.5 Å². The fraction of sp³-hybridized carbons (Fsp3) is 0.158. The molecule has 8 heteroatoms. The minimum Gasteiger partial charge on any atom is -0.325 e. The van der Waals surface area contributed by atoms with Gasteiger partial charge in [-0.1, -0.05) is 23.9 Å². The molecule has 1 N–H and O–H groups in total. The summed E-state index contributed by atoms with van der Waals surface area (Å²) in [6.07, 6.45) is 5.11. The lowest BCUT2D eigenvalue weighted by Gasteiger charge is -2.13. The molecule has 0 bridgehead atoms. The summed E-state index contributed by atoms with van der Waals surface area (Å²) >= 11 is 1.28. The van der Waals surface area contributed by atoms with Gasteiger partial charge in [0.1, 0.15) is 5.82 Å². The van der Waals surface area contributed by atoms with Gasteiger partial charge >= 0.3 is 0 Å². The smallest absolute Gasteiger partial charge is 0.237 e. The van der Waals surface area contributed by atoms with Crippen LogP contribution in [-0.4, -0.2) is 30.9 Å². The lowest BCUT2D eigenvalue weighted by atomic mass is 10.2. The molecule has 1 amide bonds. The third-order valence-corrected chi connectivity index (χ3v) is 4.79. The SMILES string of the molecule is C=CCn1c(S[C@H](C)C(=O)Nc2cccc(F)c2)nnc1-c1ccncc1. The molecular formula is C19H18FN5OS. The lowest BCUT2D eigenvalue weighted by Crippen LogP contribution is -2.23. The minimum absolute atomic E-state index is 0.246. The largest absolute Gasteiger partial charge is 0.325 e. The Morgan fingerprint density at radius 3 is 2.81 bits per heavy atom. The Morgan fingerprint density at radius 1 is 1.33 bits per heavy atom. The molecule has 0 aliphatic carbocycles. The number of benzene rings is 1. The van der Waals surface area contributed by atoms with E-state index in [0.717, 1.165) is 5.56 Å². The predicted molar refractivity (Wildman–Crippen MR) is 104 cm³/mol. The quantitative estimate of drug-likeness (QED) is 0.496. The maximum absolute atomic E-state index is 13.3. The third-order valence-electron chi connectivity index (χ3n) is 3.71. The van der Waals surface area contributed by atoms with Crippen LogP contribution in [0.1, 0.15) is 6.92 Å². The Balaban J connectivity index is 1.77. The first-order chi connectivity index (χ1) is 13.1. The summed E-state index contributed by atoms with van der Waals surface area (Å²) in [6.45, 7) is 6.04. The minimum atomic E-state index is -0.452. The first kappa shape index (κ1) is 18.8. The van der Waals surface area contributed by atoms with Crippen molar-refractivity contribution in [1.82, 2.24) is 19.7 Å². The van der Waals surface area contributed by atoms with E-state index in [2.05, 4.69) is 27.1 Å². The van der Waals surface area contributed by atoms with Gasteiger partial charge in [0.2, 0.25) is 5.91 Å². The zero-order valence-corrected chi connectivity index (χ0v) is 15.5.